The number of halogens is 1. The number of nitrogens with one attached hydrogen (secondary N) is 2. The Hall–Kier alpha value is -1.35. The summed E-state index contributed by atoms with van der Waals surface area (Å²) in [5.41, 5.74) is 2.61. The lowest BCUT2D eigenvalue weighted by Crippen LogP contribution is -2.50. The summed E-state index contributed by atoms with van der Waals surface area (Å²) in [6.07, 6.45) is 4.93. The van der Waals surface area contributed by atoms with Crippen molar-refractivity contribution in [1.82, 2.24) is 15.5 Å². The van der Waals surface area contributed by atoms with Gasteiger partial charge in [0.2, 0.25) is 5.91 Å². The van der Waals surface area contributed by atoms with E-state index in [4.69, 9.17) is 4.74 Å². The van der Waals surface area contributed by atoms with Gasteiger partial charge in [0.25, 0.3) is 0 Å². The van der Waals surface area contributed by atoms with Gasteiger partial charge in [0.05, 0.1) is 24.8 Å². The Morgan fingerprint density at radius 3 is 2.81 bits per heavy atom. The van der Waals surface area contributed by atoms with E-state index in [9.17, 15) is 4.79 Å². The van der Waals surface area contributed by atoms with Crippen molar-refractivity contribution in [2.45, 2.75) is 50.5 Å². The minimum absolute atomic E-state index is 0. The molecule has 7 heteroatoms. The third kappa shape index (κ3) is 4.14. The summed E-state index contributed by atoms with van der Waals surface area (Å²) in [7, 11) is 1.74. The zero-order valence-corrected chi connectivity index (χ0v) is 17.4. The molecule has 3 unspecified atom stereocenters. The first-order valence-electron chi connectivity index (χ1n) is 9.20. The Balaban J connectivity index is 0.00000196. The van der Waals surface area contributed by atoms with Crippen LogP contribution in [0, 0.1) is 0 Å². The summed E-state index contributed by atoms with van der Waals surface area (Å²) < 4.78 is 5.86. The third-order valence-corrected chi connectivity index (χ3v) is 5.54. The smallest absolute Gasteiger partial charge is 0.242 e. The van der Waals surface area contributed by atoms with Crippen LogP contribution in [0.5, 0.6) is 0 Å². The molecule has 142 valence electrons. The van der Waals surface area contributed by atoms with E-state index in [0.29, 0.717) is 24.7 Å². The molecule has 3 aliphatic rings. The van der Waals surface area contributed by atoms with Crippen molar-refractivity contribution in [2.75, 3.05) is 20.1 Å². The molecule has 2 fully saturated rings. The molecule has 1 aromatic rings. The number of amides is 1. The van der Waals surface area contributed by atoms with Crippen LogP contribution < -0.4 is 10.6 Å². The van der Waals surface area contributed by atoms with Crippen molar-refractivity contribution in [3.63, 3.8) is 0 Å². The van der Waals surface area contributed by atoms with E-state index >= 15 is 0 Å². The molecule has 1 aromatic carbocycles. The first kappa shape index (κ1) is 19.4. The third-order valence-electron chi connectivity index (χ3n) is 5.54. The lowest BCUT2D eigenvalue weighted by Gasteiger charge is -2.29. The van der Waals surface area contributed by atoms with Crippen LogP contribution in [0.4, 0.5) is 0 Å². The molecule has 2 bridgehead atoms. The number of carbonyl (C=O) groups is 1. The fraction of sp³-hybridized carbons (Fsp3) is 0.579. The van der Waals surface area contributed by atoms with Gasteiger partial charge in [-0.05, 0) is 36.8 Å². The monoisotopic (exact) mass is 470 g/mol. The highest BCUT2D eigenvalue weighted by molar-refractivity contribution is 14.0. The number of hydrogen-bond acceptors (Lipinski definition) is 3. The molecular formula is C19H27IN4O2. The highest BCUT2D eigenvalue weighted by atomic mass is 127. The molecule has 2 saturated heterocycles. The minimum atomic E-state index is 0. The predicted octanol–water partition coefficient (Wildman–Crippen LogP) is 1.67. The van der Waals surface area contributed by atoms with Crippen LogP contribution in [0.1, 0.15) is 30.4 Å². The summed E-state index contributed by atoms with van der Waals surface area (Å²) >= 11 is 0. The number of rotatable bonds is 3. The topological polar surface area (TPSA) is 66.0 Å². The van der Waals surface area contributed by atoms with Crippen LogP contribution in [-0.4, -0.2) is 55.2 Å². The molecular weight excluding hydrogens is 443 g/mol. The molecule has 0 spiro atoms. The zero-order chi connectivity index (χ0) is 17.2. The zero-order valence-electron chi connectivity index (χ0n) is 15.1. The van der Waals surface area contributed by atoms with Crippen LogP contribution in [0.2, 0.25) is 0 Å². The molecule has 0 saturated carbocycles. The Kier molecular flexibility index (Phi) is 6.39. The van der Waals surface area contributed by atoms with Gasteiger partial charge in [0.1, 0.15) is 0 Å². The molecule has 6 nitrogen and oxygen atoms in total. The molecule has 0 aromatic heterocycles. The van der Waals surface area contributed by atoms with Gasteiger partial charge < -0.3 is 20.3 Å². The second-order valence-corrected chi connectivity index (χ2v) is 7.12. The van der Waals surface area contributed by atoms with Crippen molar-refractivity contribution in [3.05, 3.63) is 35.4 Å². The average molecular weight is 470 g/mol. The number of fused-ring (bicyclic) bond motifs is 3. The number of guanidine groups is 1. The van der Waals surface area contributed by atoms with Crippen molar-refractivity contribution in [1.29, 1.82) is 0 Å². The van der Waals surface area contributed by atoms with Gasteiger partial charge in [-0.3, -0.25) is 9.79 Å². The van der Waals surface area contributed by atoms with Gasteiger partial charge in [-0.1, -0.05) is 24.3 Å². The number of hydrogen-bond donors (Lipinski definition) is 2. The van der Waals surface area contributed by atoms with Gasteiger partial charge in [0.15, 0.2) is 5.96 Å². The maximum Gasteiger partial charge on any atom is 0.242 e. The quantitative estimate of drug-likeness (QED) is 0.401. The van der Waals surface area contributed by atoms with E-state index in [0.717, 1.165) is 25.8 Å². The Morgan fingerprint density at radius 2 is 2.12 bits per heavy atom. The van der Waals surface area contributed by atoms with Crippen LogP contribution in [0.15, 0.2) is 29.3 Å². The molecule has 4 rings (SSSR count). The van der Waals surface area contributed by atoms with Crippen LogP contribution in [0.25, 0.3) is 0 Å². The fourth-order valence-corrected chi connectivity index (χ4v) is 4.14. The van der Waals surface area contributed by atoms with E-state index in [1.807, 2.05) is 11.0 Å². The highest BCUT2D eigenvalue weighted by Gasteiger charge is 2.41. The lowest BCUT2D eigenvalue weighted by molar-refractivity contribution is -0.130. The van der Waals surface area contributed by atoms with E-state index in [2.05, 4.69) is 33.8 Å². The van der Waals surface area contributed by atoms with Crippen LogP contribution in [0.3, 0.4) is 0 Å². The molecule has 0 aliphatic carbocycles. The molecule has 3 aliphatic heterocycles. The van der Waals surface area contributed by atoms with Crippen molar-refractivity contribution < 1.29 is 9.53 Å². The van der Waals surface area contributed by atoms with E-state index in [-0.39, 0.29) is 42.5 Å². The summed E-state index contributed by atoms with van der Waals surface area (Å²) in [5.74, 6) is 0.800. The normalized spacial score (nSPS) is 26.9. The fourth-order valence-electron chi connectivity index (χ4n) is 4.14. The van der Waals surface area contributed by atoms with Gasteiger partial charge in [0, 0.05) is 20.1 Å². The summed E-state index contributed by atoms with van der Waals surface area (Å²) in [4.78, 5) is 18.7. The maximum atomic E-state index is 12.5. The minimum Gasteiger partial charge on any atom is -0.373 e. The summed E-state index contributed by atoms with van der Waals surface area (Å²) in [5, 5.41) is 6.58. The van der Waals surface area contributed by atoms with Gasteiger partial charge in [-0.15, -0.1) is 24.0 Å². The highest BCUT2D eigenvalue weighted by Crippen LogP contribution is 2.34. The van der Waals surface area contributed by atoms with Crippen molar-refractivity contribution >= 4 is 35.8 Å². The largest absolute Gasteiger partial charge is 0.373 e. The average Bonchev–Trinajstić information content (AvgIpc) is 3.27. The second-order valence-electron chi connectivity index (χ2n) is 7.12. The number of benzene rings is 1. The standard InChI is InChI=1S/C19H26N4O2.HI/c1-20-19(22-16-10-15-6-7-17(16)25-15)21-11-18(24)23-9-8-13-4-2-3-5-14(13)12-23;/h2-5,15-17H,6-12H2,1H3,(H2,20,21,22);1H. The van der Waals surface area contributed by atoms with Crippen molar-refractivity contribution in [3.8, 4) is 0 Å². The summed E-state index contributed by atoms with van der Waals surface area (Å²) in [6.45, 7) is 1.75. The lowest BCUT2D eigenvalue weighted by atomic mass is 9.96. The molecule has 2 N–H and O–H groups in total. The first-order chi connectivity index (χ1) is 12.2. The second kappa shape index (κ2) is 8.56. The first-order valence-corrected chi connectivity index (χ1v) is 9.20. The molecule has 3 atom stereocenters. The number of ether oxygens (including phenoxy) is 1. The Morgan fingerprint density at radius 1 is 1.31 bits per heavy atom. The summed E-state index contributed by atoms with van der Waals surface area (Å²) in [6, 6.07) is 8.67. The van der Waals surface area contributed by atoms with Crippen LogP contribution in [-0.2, 0) is 22.5 Å². The van der Waals surface area contributed by atoms with Crippen molar-refractivity contribution in [2.24, 2.45) is 4.99 Å². The van der Waals surface area contributed by atoms with E-state index in [1.165, 1.54) is 17.5 Å². The van der Waals surface area contributed by atoms with E-state index in [1.54, 1.807) is 7.05 Å². The van der Waals surface area contributed by atoms with Gasteiger partial charge >= 0.3 is 0 Å². The maximum absolute atomic E-state index is 12.5. The molecule has 26 heavy (non-hydrogen) atoms. The van der Waals surface area contributed by atoms with E-state index < -0.39 is 0 Å². The molecule has 3 heterocycles. The number of nitrogens with zero attached hydrogens (tertiary/aromatic N) is 2. The SMILES string of the molecule is CN=C(NCC(=O)N1CCc2ccccc2C1)NC1CC2CCC1O2.I. The Labute approximate surface area is 171 Å². The van der Waals surface area contributed by atoms with Gasteiger partial charge in [-0.2, -0.15) is 0 Å². The van der Waals surface area contributed by atoms with Gasteiger partial charge in [-0.25, -0.2) is 0 Å². The number of aliphatic imine (C=N–C) groups is 1. The molecule has 1 amide bonds. The predicted molar refractivity (Wildman–Crippen MR) is 112 cm³/mol. The number of carbonyl (C=O) groups excluding carboxylic acids is 1. The Bertz CT molecular complexity index is 681. The molecule has 0 radical (unpaired) electrons. The van der Waals surface area contributed by atoms with Crippen LogP contribution >= 0.6 is 24.0 Å².